The average molecular weight is 480 g/mol. The van der Waals surface area contributed by atoms with E-state index in [1.54, 1.807) is 16.7 Å². The number of hydrogen-bond acceptors (Lipinski definition) is 6. The molecule has 8 nitrogen and oxygen atoms in total. The average Bonchev–Trinajstić information content (AvgIpc) is 3.25. The lowest BCUT2D eigenvalue weighted by atomic mass is 10.2. The molecule has 0 unspecified atom stereocenters. The second kappa shape index (κ2) is 9.14. The van der Waals surface area contributed by atoms with E-state index < -0.39 is 0 Å². The minimum atomic E-state index is -0.386. The molecular weight excluding hydrogens is 453 g/mol. The van der Waals surface area contributed by atoms with Gasteiger partial charge >= 0.3 is 0 Å². The number of amides is 1. The van der Waals surface area contributed by atoms with Crippen LogP contribution in [0.1, 0.15) is 48.5 Å². The third kappa shape index (κ3) is 4.16. The van der Waals surface area contributed by atoms with E-state index in [9.17, 15) is 14.4 Å². The van der Waals surface area contributed by atoms with Crippen molar-refractivity contribution in [1.29, 1.82) is 5.26 Å². The molecule has 3 aromatic rings. The fourth-order valence-corrected chi connectivity index (χ4v) is 5.25. The Morgan fingerprint density at radius 2 is 2.03 bits per heavy atom. The molecule has 0 spiro atoms. The second-order valence-electron chi connectivity index (χ2n) is 8.78. The largest absolute Gasteiger partial charge is 0.341 e. The summed E-state index contributed by atoms with van der Waals surface area (Å²) in [7, 11) is 0. The summed E-state index contributed by atoms with van der Waals surface area (Å²) in [6, 6.07) is 8.69. The number of anilines is 2. The Hall–Kier alpha value is -3.32. The Bertz CT molecular complexity index is 1280. The van der Waals surface area contributed by atoms with E-state index in [-0.39, 0.29) is 17.5 Å². The van der Waals surface area contributed by atoms with E-state index in [2.05, 4.69) is 31.1 Å². The summed E-state index contributed by atoms with van der Waals surface area (Å²) in [6.07, 6.45) is 4.52. The van der Waals surface area contributed by atoms with Crippen LogP contribution in [0, 0.1) is 31.0 Å². The first-order chi connectivity index (χ1) is 16.5. The maximum Gasteiger partial charge on any atom is 0.236 e. The fraction of sp³-hybridized carbons (Fsp3) is 0.417. The maximum absolute atomic E-state index is 13.9. The van der Waals surface area contributed by atoms with E-state index in [1.807, 2.05) is 13.8 Å². The van der Waals surface area contributed by atoms with E-state index in [0.717, 1.165) is 61.1 Å². The number of benzene rings is 1. The van der Waals surface area contributed by atoms with E-state index in [1.165, 1.54) is 23.9 Å². The van der Waals surface area contributed by atoms with Crippen LogP contribution >= 0.6 is 11.8 Å². The number of nitrogens with one attached hydrogen (secondary N) is 1. The van der Waals surface area contributed by atoms with Crippen molar-refractivity contribution in [3.05, 3.63) is 46.9 Å². The Morgan fingerprint density at radius 1 is 1.26 bits per heavy atom. The number of hydrogen-bond donors (Lipinski definition) is 1. The van der Waals surface area contributed by atoms with Crippen molar-refractivity contribution in [1.82, 2.24) is 19.3 Å². The van der Waals surface area contributed by atoms with Crippen LogP contribution in [0.4, 0.5) is 16.2 Å². The van der Waals surface area contributed by atoms with Gasteiger partial charge in [0.05, 0.1) is 17.0 Å². The lowest BCUT2D eigenvalue weighted by Crippen LogP contribution is -2.22. The predicted molar refractivity (Wildman–Crippen MR) is 129 cm³/mol. The predicted octanol–water partition coefficient (Wildman–Crippen LogP) is 4.36. The summed E-state index contributed by atoms with van der Waals surface area (Å²) in [5.74, 6) is 0.742. The number of aromatic nitrogens is 4. The molecule has 0 radical (unpaired) electrons. The quantitative estimate of drug-likeness (QED) is 0.506. The fourth-order valence-electron chi connectivity index (χ4n) is 4.45. The Morgan fingerprint density at radius 3 is 2.71 bits per heavy atom. The molecule has 10 heteroatoms. The number of carbonyl (C=O) groups excluding carboxylic acids is 1. The number of nitriles is 1. The number of halogens is 1. The van der Waals surface area contributed by atoms with Crippen LogP contribution in [-0.4, -0.2) is 44.1 Å². The standard InChI is InChI=1S/C24H26FN7OS/c1-15-16(2)31(19-7-5-6-17(25)12-19)22(20(15)13-26)27-21(33)14-34-24-29-28-23(30-10-3-4-11-30)32(24)18-8-9-18/h5-7,12,18H,3-4,8-11,14H2,1-2H3,(H,27,33). The van der Waals surface area contributed by atoms with Crippen molar-refractivity contribution in [2.75, 3.05) is 29.1 Å². The van der Waals surface area contributed by atoms with Gasteiger partial charge in [0, 0.05) is 24.8 Å². The smallest absolute Gasteiger partial charge is 0.236 e. The van der Waals surface area contributed by atoms with Crippen LogP contribution in [0.3, 0.4) is 0 Å². The molecule has 0 atom stereocenters. The zero-order valence-corrected chi connectivity index (χ0v) is 20.0. The SMILES string of the molecule is Cc1c(C#N)c(NC(=O)CSc2nnc(N3CCCC3)n2C2CC2)n(-c2cccc(F)c2)c1C. The van der Waals surface area contributed by atoms with Crippen LogP contribution in [0.15, 0.2) is 29.4 Å². The molecule has 176 valence electrons. The van der Waals surface area contributed by atoms with Crippen molar-refractivity contribution >= 4 is 29.4 Å². The second-order valence-corrected chi connectivity index (χ2v) is 9.72. The first kappa shape index (κ1) is 22.5. The van der Waals surface area contributed by atoms with Crippen LogP contribution in [0.5, 0.6) is 0 Å². The highest BCUT2D eigenvalue weighted by Crippen LogP contribution is 2.41. The lowest BCUT2D eigenvalue weighted by Gasteiger charge is -2.18. The molecule has 34 heavy (non-hydrogen) atoms. The number of thioether (sulfide) groups is 1. The summed E-state index contributed by atoms with van der Waals surface area (Å²) in [4.78, 5) is 15.3. The van der Waals surface area contributed by atoms with Gasteiger partial charge in [-0.2, -0.15) is 5.26 Å². The van der Waals surface area contributed by atoms with E-state index in [4.69, 9.17) is 0 Å². The lowest BCUT2D eigenvalue weighted by molar-refractivity contribution is -0.113. The summed E-state index contributed by atoms with van der Waals surface area (Å²) in [5, 5.41) is 22.2. The molecule has 2 fully saturated rings. The first-order valence-corrected chi connectivity index (χ1v) is 12.5. The van der Waals surface area contributed by atoms with E-state index >= 15 is 0 Å². The summed E-state index contributed by atoms with van der Waals surface area (Å²) in [6.45, 7) is 5.65. The van der Waals surface area contributed by atoms with Crippen LogP contribution in [-0.2, 0) is 4.79 Å². The minimum Gasteiger partial charge on any atom is -0.341 e. The van der Waals surface area contributed by atoms with Crippen molar-refractivity contribution in [3.63, 3.8) is 0 Å². The van der Waals surface area contributed by atoms with Crippen molar-refractivity contribution < 1.29 is 9.18 Å². The van der Waals surface area contributed by atoms with Gasteiger partial charge < -0.3 is 10.2 Å². The number of carbonyl (C=O) groups is 1. The maximum atomic E-state index is 13.9. The van der Waals surface area contributed by atoms with Gasteiger partial charge in [0.25, 0.3) is 0 Å². The molecule has 1 saturated heterocycles. The monoisotopic (exact) mass is 479 g/mol. The zero-order chi connectivity index (χ0) is 23.8. The summed E-state index contributed by atoms with van der Waals surface area (Å²) in [5.41, 5.74) is 2.44. The minimum absolute atomic E-state index is 0.127. The molecule has 2 aromatic heterocycles. The third-order valence-corrected chi connectivity index (χ3v) is 7.37. The Kier molecular flexibility index (Phi) is 6.04. The van der Waals surface area contributed by atoms with Gasteiger partial charge in [0.1, 0.15) is 17.7 Å². The number of nitrogens with zero attached hydrogens (tertiary/aromatic N) is 6. The molecular formula is C24H26FN7OS. The molecule has 1 saturated carbocycles. The van der Waals surface area contributed by atoms with Crippen molar-refractivity contribution in [3.8, 4) is 11.8 Å². The first-order valence-electron chi connectivity index (χ1n) is 11.5. The van der Waals surface area contributed by atoms with Crippen LogP contribution < -0.4 is 10.2 Å². The third-order valence-electron chi connectivity index (χ3n) is 6.43. The van der Waals surface area contributed by atoms with Gasteiger partial charge in [-0.15, -0.1) is 10.2 Å². The Labute approximate surface area is 201 Å². The normalized spacial score (nSPS) is 15.5. The molecule has 2 aliphatic rings. The van der Waals surface area contributed by atoms with Gasteiger partial charge in [-0.1, -0.05) is 17.8 Å². The highest BCUT2D eigenvalue weighted by molar-refractivity contribution is 7.99. The van der Waals surface area contributed by atoms with Crippen LogP contribution in [0.25, 0.3) is 5.69 Å². The topological polar surface area (TPSA) is 91.8 Å². The van der Waals surface area contributed by atoms with Gasteiger partial charge in [-0.3, -0.25) is 13.9 Å². The molecule has 3 heterocycles. The van der Waals surface area contributed by atoms with Crippen molar-refractivity contribution in [2.45, 2.75) is 50.7 Å². The summed E-state index contributed by atoms with van der Waals surface area (Å²) >= 11 is 1.35. The van der Waals surface area contributed by atoms with Crippen molar-refractivity contribution in [2.24, 2.45) is 0 Å². The van der Waals surface area contributed by atoms with Gasteiger partial charge in [-0.05, 0) is 63.3 Å². The van der Waals surface area contributed by atoms with Gasteiger partial charge in [0.15, 0.2) is 5.16 Å². The molecule has 0 bridgehead atoms. The molecule has 1 aliphatic heterocycles. The number of rotatable bonds is 7. The van der Waals surface area contributed by atoms with Gasteiger partial charge in [0.2, 0.25) is 11.9 Å². The Balaban J connectivity index is 1.37. The molecule has 1 aliphatic carbocycles. The molecule has 1 N–H and O–H groups in total. The van der Waals surface area contributed by atoms with E-state index in [0.29, 0.717) is 23.1 Å². The van der Waals surface area contributed by atoms with Gasteiger partial charge in [-0.25, -0.2) is 4.39 Å². The zero-order valence-electron chi connectivity index (χ0n) is 19.2. The van der Waals surface area contributed by atoms with Crippen LogP contribution in [0.2, 0.25) is 0 Å². The molecule has 1 amide bonds. The highest BCUT2D eigenvalue weighted by atomic mass is 32.2. The molecule has 1 aromatic carbocycles. The molecule has 5 rings (SSSR count). The summed E-state index contributed by atoms with van der Waals surface area (Å²) < 4.78 is 17.8. The highest BCUT2D eigenvalue weighted by Gasteiger charge is 2.32.